The third-order valence-electron chi connectivity index (χ3n) is 27.2. The van der Waals surface area contributed by atoms with Crippen molar-refractivity contribution in [1.82, 2.24) is 47.3 Å². The van der Waals surface area contributed by atoms with Crippen molar-refractivity contribution in [2.45, 2.75) is 0 Å². The minimum atomic E-state index is 0.897. The number of benzene rings is 19. The second kappa shape index (κ2) is 29.9. The number of fused-ring (bicyclic) bond motifs is 32. The summed E-state index contributed by atoms with van der Waals surface area (Å²) in [6, 6.07) is 156. The van der Waals surface area contributed by atoms with E-state index in [4.69, 9.17) is 19.9 Å². The van der Waals surface area contributed by atoms with E-state index >= 15 is 0 Å². The van der Waals surface area contributed by atoms with Crippen LogP contribution in [-0.4, -0.2) is 47.3 Å². The number of hydrogen-bond acceptors (Lipinski definition) is 4. The van der Waals surface area contributed by atoms with Gasteiger partial charge in [-0.15, -0.1) is 0 Å². The first-order valence-electron chi connectivity index (χ1n) is 45.0. The van der Waals surface area contributed by atoms with E-state index in [1.807, 2.05) is 6.20 Å². The Kier molecular flexibility index (Phi) is 16.9. The Balaban J connectivity index is 0.000000102. The molecule has 614 valence electrons. The highest BCUT2D eigenvalue weighted by Gasteiger charge is 2.28. The molecule has 0 fully saturated rings. The van der Waals surface area contributed by atoms with E-state index in [1.165, 1.54) is 131 Å². The van der Waals surface area contributed by atoms with Gasteiger partial charge in [0.1, 0.15) is 11.0 Å². The lowest BCUT2D eigenvalue weighted by molar-refractivity contribution is 1.17. The van der Waals surface area contributed by atoms with Crippen LogP contribution in [0.3, 0.4) is 0 Å². The molecule has 0 spiro atoms. The predicted molar refractivity (Wildman–Crippen MR) is 552 cm³/mol. The van der Waals surface area contributed by atoms with Gasteiger partial charge in [-0.2, -0.15) is 0 Å². The molecule has 0 aliphatic carbocycles. The zero-order chi connectivity index (χ0) is 86.6. The maximum Gasteiger partial charge on any atom is 0.115 e. The Morgan fingerprint density at radius 1 is 0.136 bits per heavy atom. The molecule has 10 nitrogen and oxygen atoms in total. The van der Waals surface area contributed by atoms with Crippen molar-refractivity contribution in [3.63, 3.8) is 0 Å². The number of rotatable bonds is 8. The second-order valence-corrected chi connectivity index (χ2v) is 34.3. The highest BCUT2D eigenvalue weighted by Crippen LogP contribution is 2.48. The number of nitrogens with zero attached hydrogens (tertiary/aromatic N) is 10. The molecule has 0 atom stereocenters. The molecule has 132 heavy (non-hydrogen) atoms. The van der Waals surface area contributed by atoms with Gasteiger partial charge in [-0.05, 0) is 171 Å². The van der Waals surface area contributed by atoms with Crippen LogP contribution in [0.4, 0.5) is 0 Å². The van der Waals surface area contributed by atoms with Crippen molar-refractivity contribution >= 4 is 196 Å². The zero-order valence-corrected chi connectivity index (χ0v) is 71.4. The lowest BCUT2D eigenvalue weighted by Gasteiger charge is -2.14. The Labute approximate surface area is 756 Å². The third kappa shape index (κ3) is 11.4. The van der Waals surface area contributed by atoms with Crippen molar-refractivity contribution in [3.8, 4) is 56.4 Å². The molecule has 0 amide bonds. The van der Waals surface area contributed by atoms with Crippen molar-refractivity contribution in [2.75, 3.05) is 0 Å². The van der Waals surface area contributed by atoms with Gasteiger partial charge in [-0.1, -0.05) is 315 Å². The first-order valence-corrected chi connectivity index (χ1v) is 45.0. The monoisotopic (exact) mass is 1680 g/mol. The first-order chi connectivity index (χ1) is 65.6. The Morgan fingerprint density at radius 3 is 0.992 bits per heavy atom. The van der Waals surface area contributed by atoms with Crippen molar-refractivity contribution in [1.29, 1.82) is 0 Å². The fraction of sp³-hybridized carbons (Fsp3) is 0. The van der Waals surface area contributed by atoms with Gasteiger partial charge in [0.2, 0.25) is 0 Å². The van der Waals surface area contributed by atoms with E-state index in [2.05, 4.69) is 483 Å². The van der Waals surface area contributed by atoms with Crippen LogP contribution in [0.25, 0.3) is 252 Å². The molecular weight excluding hydrogens is 1610 g/mol. The Bertz CT molecular complexity index is 9760. The van der Waals surface area contributed by atoms with Crippen LogP contribution >= 0.6 is 0 Å². The van der Waals surface area contributed by atoms with E-state index in [9.17, 15) is 0 Å². The van der Waals surface area contributed by atoms with Gasteiger partial charge in [0.05, 0.1) is 77.2 Å². The van der Waals surface area contributed by atoms with Gasteiger partial charge >= 0.3 is 0 Å². The molecule has 19 aromatic carbocycles. The van der Waals surface area contributed by atoms with E-state index in [0.717, 1.165) is 122 Å². The average Bonchev–Trinajstić information content (AvgIpc) is 1.55. The summed E-state index contributed by atoms with van der Waals surface area (Å²) in [6.45, 7) is 0. The Morgan fingerprint density at radius 2 is 0.455 bits per heavy atom. The summed E-state index contributed by atoms with van der Waals surface area (Å²) in [5.74, 6) is 0. The molecule has 0 radical (unpaired) electrons. The third-order valence-corrected chi connectivity index (χ3v) is 27.2. The van der Waals surface area contributed by atoms with Gasteiger partial charge in [0.25, 0.3) is 0 Å². The highest BCUT2D eigenvalue weighted by molar-refractivity contribution is 6.31. The number of pyridine rings is 4. The normalized spacial score (nSPS) is 11.9. The number of aromatic nitrogens is 10. The molecule has 0 N–H and O–H groups in total. The lowest BCUT2D eigenvalue weighted by Crippen LogP contribution is -1.98. The van der Waals surface area contributed by atoms with Crippen molar-refractivity contribution in [3.05, 3.63) is 462 Å². The van der Waals surface area contributed by atoms with Crippen molar-refractivity contribution in [2.24, 2.45) is 0 Å². The second-order valence-electron chi connectivity index (χ2n) is 34.3. The number of para-hydroxylation sites is 7. The maximum absolute atomic E-state index is 5.30. The largest absolute Gasteiger partial charge is 0.309 e. The quantitative estimate of drug-likeness (QED) is 0.152. The van der Waals surface area contributed by atoms with Crippen LogP contribution in [0.5, 0.6) is 0 Å². The Hall–Kier alpha value is -17.9. The summed E-state index contributed by atoms with van der Waals surface area (Å²) in [5.41, 5.74) is 29.2. The summed E-state index contributed by atoms with van der Waals surface area (Å²) < 4.78 is 14.4. The maximum atomic E-state index is 5.30. The smallest absolute Gasteiger partial charge is 0.115 e. The summed E-state index contributed by atoms with van der Waals surface area (Å²) >= 11 is 0. The predicted octanol–water partition coefficient (Wildman–Crippen LogP) is 31.5. The molecule has 0 saturated carbocycles. The SMILES string of the molecule is c1ccc(-c2ccc(-n3c4ccccc4c4cnc5c(ccc6c7cc8ccccc8cc7n(-c7ccccc7)c65)c43)cc2)cc1.c1ccc(-c2cccc(-n3c4c5ccccc5ccc4c4ccc5c(ncc6c7ccccc7n(-c7ccccc7)c65)c43)c2)cc1.c1ccc(-n2c3ccccc3c3cnc4c(ncc5c6c7ccccc7ccc6n(-c6ccccc6)c54)c32)cc1. The van der Waals surface area contributed by atoms with Crippen LogP contribution in [0.1, 0.15) is 0 Å². The van der Waals surface area contributed by atoms with Crippen LogP contribution in [0.15, 0.2) is 462 Å². The highest BCUT2D eigenvalue weighted by atomic mass is 15.1. The van der Waals surface area contributed by atoms with Crippen LogP contribution in [0, 0.1) is 0 Å². The van der Waals surface area contributed by atoms with Crippen molar-refractivity contribution < 1.29 is 0 Å². The minimum Gasteiger partial charge on any atom is -0.309 e. The molecular formula is C122H76N10. The minimum absolute atomic E-state index is 0.897. The molecule has 0 aliphatic heterocycles. The summed E-state index contributed by atoms with van der Waals surface area (Å²) in [4.78, 5) is 20.9. The fourth-order valence-corrected chi connectivity index (χ4v) is 21.4. The molecule has 0 unspecified atom stereocenters. The van der Waals surface area contributed by atoms with Gasteiger partial charge in [0, 0.05) is 140 Å². The molecule has 0 aliphatic rings. The molecule has 0 saturated heterocycles. The molecule has 10 aromatic heterocycles. The van der Waals surface area contributed by atoms with E-state index in [-0.39, 0.29) is 0 Å². The standard InChI is InChI=1S/2C43H27N3.C36H22N4/c1-3-12-28(13-4-1)30-15-11-18-32(26-30)46-41-33-19-8-7-14-29(33)22-23-35(41)36-24-25-37-40(43(36)46)44-27-38-34-20-9-10-21-39(34)45(42(37)38)31-16-5-2-6-17-31;1-3-11-28(12-4-1)29-19-21-33(22-20-29)45-39-18-10-9-17-34(39)38-27-44-41-36(42(38)45)24-23-35-37-25-30-13-7-8-14-31(30)26-40(37)46(43(35)41)32-15-5-2-6-16-32;1-3-12-24(13-4-1)39-30-18-10-9-17-27(30)28-21-37-34-33(35(28)39)38-22-29-32-26-16-8-7-11-23(26)19-20-31(32)40(36(29)34)25-14-5-2-6-15-25/h2*1-27H;1-22H. The summed E-state index contributed by atoms with van der Waals surface area (Å²) in [7, 11) is 0. The molecule has 29 rings (SSSR count). The van der Waals surface area contributed by atoms with Gasteiger partial charge in [0.15, 0.2) is 0 Å². The van der Waals surface area contributed by atoms with E-state index in [0.29, 0.717) is 0 Å². The fourth-order valence-electron chi connectivity index (χ4n) is 21.4. The van der Waals surface area contributed by atoms with Crippen LogP contribution in [-0.2, 0) is 0 Å². The lowest BCUT2D eigenvalue weighted by atomic mass is 10.0. The van der Waals surface area contributed by atoms with E-state index < -0.39 is 0 Å². The summed E-state index contributed by atoms with van der Waals surface area (Å²) in [5, 5.41) is 23.8. The van der Waals surface area contributed by atoms with Gasteiger partial charge in [-0.25, -0.2) is 0 Å². The molecule has 29 aromatic rings. The van der Waals surface area contributed by atoms with Gasteiger partial charge < -0.3 is 27.4 Å². The topological polar surface area (TPSA) is 81.1 Å². The molecule has 10 heterocycles. The number of hydrogen-bond donors (Lipinski definition) is 0. The van der Waals surface area contributed by atoms with E-state index in [1.54, 1.807) is 0 Å². The van der Waals surface area contributed by atoms with Crippen LogP contribution < -0.4 is 0 Å². The zero-order valence-electron chi connectivity index (χ0n) is 71.4. The first kappa shape index (κ1) is 74.4. The molecule has 10 heteroatoms. The van der Waals surface area contributed by atoms with Crippen LogP contribution in [0.2, 0.25) is 0 Å². The van der Waals surface area contributed by atoms with Gasteiger partial charge in [-0.3, -0.25) is 19.9 Å². The molecule has 0 bridgehead atoms. The summed E-state index contributed by atoms with van der Waals surface area (Å²) in [6.07, 6.45) is 8.25. The average molecular weight is 1680 g/mol.